The van der Waals surface area contributed by atoms with Crippen LogP contribution in [0.15, 0.2) is 59.6 Å². The summed E-state index contributed by atoms with van der Waals surface area (Å²) in [5.74, 6) is 0.689. The van der Waals surface area contributed by atoms with Crippen LogP contribution in [-0.4, -0.2) is 32.0 Å². The van der Waals surface area contributed by atoms with Crippen LogP contribution in [0.4, 0.5) is 0 Å². The Hall–Kier alpha value is -2.09. The first kappa shape index (κ1) is 23.9. The average molecular weight is 494 g/mol. The van der Waals surface area contributed by atoms with Crippen LogP contribution in [0.25, 0.3) is 0 Å². The minimum atomic E-state index is -0.0496. The van der Waals surface area contributed by atoms with Gasteiger partial charge in [0.25, 0.3) is 5.91 Å². The largest absolute Gasteiger partial charge is 0.356 e. The zero-order chi connectivity index (χ0) is 19.7. The lowest BCUT2D eigenvalue weighted by Crippen LogP contribution is -2.43. The van der Waals surface area contributed by atoms with E-state index in [1.54, 1.807) is 7.05 Å². The number of amides is 1. The molecule has 0 atom stereocenters. The highest BCUT2D eigenvalue weighted by Gasteiger charge is 2.20. The van der Waals surface area contributed by atoms with Crippen LogP contribution >= 0.6 is 24.0 Å². The van der Waals surface area contributed by atoms with Crippen LogP contribution < -0.4 is 16.0 Å². The molecule has 0 fully saturated rings. The fourth-order valence-electron chi connectivity index (χ4n) is 2.79. The second-order valence-electron chi connectivity index (χ2n) is 7.09. The molecule has 28 heavy (non-hydrogen) atoms. The maximum atomic E-state index is 12.0. The van der Waals surface area contributed by atoms with Gasteiger partial charge in [0, 0.05) is 37.7 Å². The van der Waals surface area contributed by atoms with Gasteiger partial charge in [0.1, 0.15) is 0 Å². The van der Waals surface area contributed by atoms with E-state index < -0.39 is 0 Å². The van der Waals surface area contributed by atoms with E-state index in [4.69, 9.17) is 0 Å². The van der Waals surface area contributed by atoms with Crippen molar-refractivity contribution in [1.29, 1.82) is 0 Å². The molecular weight excluding hydrogens is 463 g/mol. The predicted molar refractivity (Wildman–Crippen MR) is 128 cm³/mol. The molecule has 0 unspecified atom stereocenters. The lowest BCUT2D eigenvalue weighted by Gasteiger charge is -2.26. The molecule has 1 amide bonds. The molecule has 3 N–H and O–H groups in total. The Bertz CT molecular complexity index is 775. The van der Waals surface area contributed by atoms with Gasteiger partial charge in [-0.15, -0.1) is 24.0 Å². The molecule has 0 radical (unpaired) electrons. The summed E-state index contributed by atoms with van der Waals surface area (Å²) >= 11 is 0. The zero-order valence-corrected chi connectivity index (χ0v) is 19.4. The fraction of sp³-hybridized carbons (Fsp3) is 0.364. The molecular formula is C22H31IN4O. The van der Waals surface area contributed by atoms with Gasteiger partial charge in [0.05, 0.1) is 0 Å². The van der Waals surface area contributed by atoms with Crippen LogP contribution in [0.5, 0.6) is 0 Å². The van der Waals surface area contributed by atoms with Gasteiger partial charge >= 0.3 is 0 Å². The number of halogens is 1. The lowest BCUT2D eigenvalue weighted by molar-refractivity contribution is 0.0955. The molecule has 0 spiro atoms. The maximum absolute atomic E-state index is 12.0. The first-order valence-electron chi connectivity index (χ1n) is 9.33. The van der Waals surface area contributed by atoms with Gasteiger partial charge in [0.15, 0.2) is 5.96 Å². The van der Waals surface area contributed by atoms with Crippen molar-refractivity contribution < 1.29 is 4.79 Å². The summed E-state index contributed by atoms with van der Waals surface area (Å²) in [6, 6.07) is 18.1. The van der Waals surface area contributed by atoms with Crippen LogP contribution in [-0.2, 0) is 12.0 Å². The average Bonchev–Trinajstić information content (AvgIpc) is 2.69. The summed E-state index contributed by atoms with van der Waals surface area (Å²) in [4.78, 5) is 16.3. The molecule has 0 saturated heterocycles. The summed E-state index contributed by atoms with van der Waals surface area (Å²) in [5, 5.41) is 9.53. The molecule has 0 aliphatic carbocycles. The molecule has 2 aromatic rings. The molecule has 0 aromatic heterocycles. The summed E-state index contributed by atoms with van der Waals surface area (Å²) < 4.78 is 0. The van der Waals surface area contributed by atoms with E-state index in [9.17, 15) is 4.79 Å². The van der Waals surface area contributed by atoms with E-state index in [-0.39, 0.29) is 35.3 Å². The number of nitrogens with zero attached hydrogens (tertiary/aromatic N) is 1. The van der Waals surface area contributed by atoms with Crippen molar-refractivity contribution in [2.75, 3.05) is 20.1 Å². The number of hydrogen-bond donors (Lipinski definition) is 3. The van der Waals surface area contributed by atoms with Crippen molar-refractivity contribution in [3.05, 3.63) is 71.3 Å². The molecule has 0 heterocycles. The molecule has 2 aromatic carbocycles. The molecule has 152 valence electrons. The normalized spacial score (nSPS) is 11.4. The van der Waals surface area contributed by atoms with Gasteiger partial charge in [-0.2, -0.15) is 0 Å². The Balaban J connectivity index is 0.00000392. The fourth-order valence-corrected chi connectivity index (χ4v) is 2.79. The van der Waals surface area contributed by atoms with E-state index in [1.165, 1.54) is 5.56 Å². The number of nitrogens with one attached hydrogen (secondary N) is 3. The first-order chi connectivity index (χ1) is 13.0. The van der Waals surface area contributed by atoms with Gasteiger partial charge in [-0.25, -0.2) is 0 Å². The number of aliphatic imine (C=N–C) groups is 1. The monoisotopic (exact) mass is 494 g/mol. The highest BCUT2D eigenvalue weighted by atomic mass is 127. The number of guanidine groups is 1. The van der Waals surface area contributed by atoms with Gasteiger partial charge < -0.3 is 16.0 Å². The summed E-state index contributed by atoms with van der Waals surface area (Å²) in [5.41, 5.74) is 2.97. The highest BCUT2D eigenvalue weighted by Crippen LogP contribution is 2.21. The number of hydrogen-bond acceptors (Lipinski definition) is 2. The smallest absolute Gasteiger partial charge is 0.251 e. The first-order valence-corrected chi connectivity index (χ1v) is 9.33. The minimum absolute atomic E-state index is 0. The number of rotatable bonds is 7. The van der Waals surface area contributed by atoms with Crippen molar-refractivity contribution in [1.82, 2.24) is 16.0 Å². The number of carbonyl (C=O) groups excluding carboxylic acids is 1. The molecule has 5 nitrogen and oxygen atoms in total. The van der Waals surface area contributed by atoms with Crippen molar-refractivity contribution in [3.63, 3.8) is 0 Å². The van der Waals surface area contributed by atoms with Gasteiger partial charge in [-0.1, -0.05) is 56.3 Å². The van der Waals surface area contributed by atoms with Crippen molar-refractivity contribution in [2.24, 2.45) is 4.99 Å². The molecule has 0 bridgehead atoms. The molecule has 0 saturated carbocycles. The van der Waals surface area contributed by atoms with E-state index in [0.29, 0.717) is 18.7 Å². The molecule has 2 rings (SSSR count). The van der Waals surface area contributed by atoms with Crippen LogP contribution in [0.2, 0.25) is 0 Å². The van der Waals surface area contributed by atoms with E-state index >= 15 is 0 Å². The van der Waals surface area contributed by atoms with E-state index in [2.05, 4.69) is 59.1 Å². The Labute approximate surface area is 185 Å². The summed E-state index contributed by atoms with van der Waals surface area (Å²) in [6.07, 6.45) is 0. The maximum Gasteiger partial charge on any atom is 0.251 e. The van der Waals surface area contributed by atoms with E-state index in [1.807, 2.05) is 37.3 Å². The molecule has 0 aliphatic rings. The third-order valence-corrected chi connectivity index (χ3v) is 4.46. The topological polar surface area (TPSA) is 65.5 Å². The Morgan fingerprint density at radius 3 is 2.36 bits per heavy atom. The van der Waals surface area contributed by atoms with Gasteiger partial charge in [-0.3, -0.25) is 9.79 Å². The lowest BCUT2D eigenvalue weighted by atomic mass is 9.85. The van der Waals surface area contributed by atoms with E-state index in [0.717, 1.165) is 18.1 Å². The zero-order valence-electron chi connectivity index (χ0n) is 17.1. The molecule has 6 heteroatoms. The second kappa shape index (κ2) is 11.7. The van der Waals surface area contributed by atoms with Crippen molar-refractivity contribution >= 4 is 35.8 Å². The number of carbonyl (C=O) groups is 1. The van der Waals surface area contributed by atoms with Crippen molar-refractivity contribution in [3.8, 4) is 0 Å². The Morgan fingerprint density at radius 1 is 1.00 bits per heavy atom. The Kier molecular flexibility index (Phi) is 9.99. The highest BCUT2D eigenvalue weighted by molar-refractivity contribution is 14.0. The quantitative estimate of drug-likeness (QED) is 0.313. The third-order valence-electron chi connectivity index (χ3n) is 4.46. The summed E-state index contributed by atoms with van der Waals surface area (Å²) in [7, 11) is 1.76. The van der Waals surface area contributed by atoms with Gasteiger partial charge in [0.2, 0.25) is 0 Å². The summed E-state index contributed by atoms with van der Waals surface area (Å²) in [6.45, 7) is 8.30. The van der Waals surface area contributed by atoms with Crippen LogP contribution in [0.3, 0.4) is 0 Å². The minimum Gasteiger partial charge on any atom is -0.356 e. The third kappa shape index (κ3) is 7.14. The van der Waals surface area contributed by atoms with Gasteiger partial charge in [-0.05, 0) is 30.2 Å². The molecule has 0 aliphatic heterocycles. The standard InChI is InChI=1S/C22H30N4O.HI/c1-5-24-20(27)18-11-9-10-17(14-18)15-25-21(23-4)26-16-22(2,3)19-12-7-6-8-13-19;/h6-14H,5,15-16H2,1-4H3,(H,24,27)(H2,23,25,26);1H. The predicted octanol–water partition coefficient (Wildman–Crippen LogP) is 3.70. The SMILES string of the molecule is CCNC(=O)c1cccc(CNC(=NC)NCC(C)(C)c2ccccc2)c1.I. The second-order valence-corrected chi connectivity index (χ2v) is 7.09. The Morgan fingerprint density at radius 2 is 1.71 bits per heavy atom. The van der Waals surface area contributed by atoms with Crippen molar-refractivity contribution in [2.45, 2.75) is 32.7 Å². The van der Waals surface area contributed by atoms with Crippen LogP contribution in [0.1, 0.15) is 42.3 Å². The number of benzene rings is 2. The van der Waals surface area contributed by atoms with Crippen LogP contribution in [0, 0.1) is 0 Å².